The first-order valence-corrected chi connectivity index (χ1v) is 7.22. The van der Waals surface area contributed by atoms with Crippen LogP contribution in [0, 0.1) is 0 Å². The minimum Gasteiger partial charge on any atom is -0.478 e. The van der Waals surface area contributed by atoms with Crippen molar-refractivity contribution in [1.29, 1.82) is 0 Å². The summed E-state index contributed by atoms with van der Waals surface area (Å²) in [6.45, 7) is 5.53. The predicted molar refractivity (Wildman–Crippen MR) is 81.2 cm³/mol. The third-order valence-corrected chi connectivity index (χ3v) is 3.82. The van der Waals surface area contributed by atoms with E-state index in [1.54, 1.807) is 6.07 Å². The number of aromatic carboxylic acids is 1. The van der Waals surface area contributed by atoms with E-state index >= 15 is 0 Å². The van der Waals surface area contributed by atoms with Gasteiger partial charge in [0.15, 0.2) is 0 Å². The van der Waals surface area contributed by atoms with Crippen LogP contribution >= 0.6 is 0 Å². The van der Waals surface area contributed by atoms with Crippen LogP contribution in [-0.2, 0) is 0 Å². The van der Waals surface area contributed by atoms with Gasteiger partial charge in [-0.3, -0.25) is 0 Å². The highest BCUT2D eigenvalue weighted by Crippen LogP contribution is 2.25. The maximum Gasteiger partial charge on any atom is 0.337 e. The van der Waals surface area contributed by atoms with Crippen LogP contribution in [0.15, 0.2) is 18.2 Å². The van der Waals surface area contributed by atoms with Gasteiger partial charge in [0.2, 0.25) is 0 Å². The summed E-state index contributed by atoms with van der Waals surface area (Å²) >= 11 is 0. The molecule has 0 amide bonds. The zero-order chi connectivity index (χ0) is 14.5. The minimum absolute atomic E-state index is 0.165. The lowest BCUT2D eigenvalue weighted by Gasteiger charge is -2.32. The number of carboxylic acid groups (broad SMARTS) is 1. The summed E-state index contributed by atoms with van der Waals surface area (Å²) in [4.78, 5) is 13.5. The molecule has 1 fully saturated rings. The Balaban J connectivity index is 1.98. The van der Waals surface area contributed by atoms with E-state index in [2.05, 4.69) is 17.1 Å². The lowest BCUT2D eigenvalue weighted by atomic mass is 10.0. The van der Waals surface area contributed by atoms with Crippen LogP contribution in [0.25, 0.3) is 0 Å². The quantitative estimate of drug-likeness (QED) is 0.719. The molecule has 1 aromatic carbocycles. The van der Waals surface area contributed by atoms with Crippen molar-refractivity contribution in [3.05, 3.63) is 23.8 Å². The van der Waals surface area contributed by atoms with E-state index in [9.17, 15) is 4.79 Å². The molecular weight excluding hydrogens is 254 g/mol. The number of carboxylic acids is 1. The van der Waals surface area contributed by atoms with Gasteiger partial charge in [0.05, 0.1) is 16.9 Å². The highest BCUT2D eigenvalue weighted by atomic mass is 16.4. The van der Waals surface area contributed by atoms with Gasteiger partial charge in [0, 0.05) is 19.1 Å². The number of benzene rings is 1. The van der Waals surface area contributed by atoms with Crippen LogP contribution in [0.2, 0.25) is 0 Å². The standard InChI is InChI=1S/C15H23N3O2/c1-2-8-18-9-6-11(7-10-18)17-13-5-3-4-12(14(13)16)15(19)20/h3-5,11,17H,2,6-10,16H2,1H3,(H,19,20). The zero-order valence-corrected chi connectivity index (χ0v) is 11.9. The summed E-state index contributed by atoms with van der Waals surface area (Å²) in [6, 6.07) is 5.48. The molecule has 0 aromatic heterocycles. The molecule has 0 atom stereocenters. The highest BCUT2D eigenvalue weighted by Gasteiger charge is 2.20. The minimum atomic E-state index is -0.982. The van der Waals surface area contributed by atoms with Crippen molar-refractivity contribution >= 4 is 17.3 Å². The molecule has 1 heterocycles. The Kier molecular flexibility index (Phi) is 4.84. The van der Waals surface area contributed by atoms with Crippen molar-refractivity contribution in [2.45, 2.75) is 32.2 Å². The molecule has 1 saturated heterocycles. The monoisotopic (exact) mass is 277 g/mol. The largest absolute Gasteiger partial charge is 0.478 e. The van der Waals surface area contributed by atoms with Crippen molar-refractivity contribution in [1.82, 2.24) is 4.90 Å². The Bertz CT molecular complexity index is 468. The molecule has 1 aromatic rings. The van der Waals surface area contributed by atoms with E-state index in [0.717, 1.165) is 38.2 Å². The molecular formula is C15H23N3O2. The summed E-state index contributed by atoms with van der Waals surface area (Å²) in [5.74, 6) is -0.982. The molecule has 1 aliphatic heterocycles. The van der Waals surface area contributed by atoms with E-state index in [-0.39, 0.29) is 5.56 Å². The zero-order valence-electron chi connectivity index (χ0n) is 11.9. The topological polar surface area (TPSA) is 78.6 Å². The molecule has 1 aliphatic rings. The molecule has 0 spiro atoms. The number of nitrogens with one attached hydrogen (secondary N) is 1. The van der Waals surface area contributed by atoms with Gasteiger partial charge in [-0.15, -0.1) is 0 Å². The van der Waals surface area contributed by atoms with Crippen molar-refractivity contribution in [3.8, 4) is 0 Å². The average Bonchev–Trinajstić information content (AvgIpc) is 2.43. The number of likely N-dealkylation sites (tertiary alicyclic amines) is 1. The van der Waals surface area contributed by atoms with Gasteiger partial charge in [-0.1, -0.05) is 13.0 Å². The number of nitrogen functional groups attached to an aromatic ring is 1. The van der Waals surface area contributed by atoms with E-state index < -0.39 is 5.97 Å². The lowest BCUT2D eigenvalue weighted by molar-refractivity contribution is 0.0698. The number of para-hydroxylation sites is 1. The molecule has 4 N–H and O–H groups in total. The van der Waals surface area contributed by atoms with E-state index in [4.69, 9.17) is 10.8 Å². The number of nitrogens with zero attached hydrogens (tertiary/aromatic N) is 1. The summed E-state index contributed by atoms with van der Waals surface area (Å²) < 4.78 is 0. The third kappa shape index (κ3) is 3.42. The maximum atomic E-state index is 11.1. The molecule has 5 heteroatoms. The Morgan fingerprint density at radius 3 is 2.75 bits per heavy atom. The van der Waals surface area contributed by atoms with Gasteiger partial charge in [-0.2, -0.15) is 0 Å². The van der Waals surface area contributed by atoms with Gasteiger partial charge in [0.1, 0.15) is 0 Å². The SMILES string of the molecule is CCCN1CCC(Nc2cccc(C(=O)O)c2N)CC1. The van der Waals surface area contributed by atoms with Crippen molar-refractivity contribution in [3.63, 3.8) is 0 Å². The van der Waals surface area contributed by atoms with Crippen LogP contribution < -0.4 is 11.1 Å². The summed E-state index contributed by atoms with van der Waals surface area (Å²) in [5.41, 5.74) is 7.15. The van der Waals surface area contributed by atoms with Gasteiger partial charge in [-0.25, -0.2) is 4.79 Å². The smallest absolute Gasteiger partial charge is 0.337 e. The summed E-state index contributed by atoms with van der Waals surface area (Å²) in [6.07, 6.45) is 3.32. The fraction of sp³-hybridized carbons (Fsp3) is 0.533. The second-order valence-electron chi connectivity index (χ2n) is 5.33. The number of anilines is 2. The molecule has 110 valence electrons. The number of hydrogen-bond acceptors (Lipinski definition) is 4. The van der Waals surface area contributed by atoms with Gasteiger partial charge in [-0.05, 0) is 37.9 Å². The number of rotatable bonds is 5. The number of nitrogens with two attached hydrogens (primary N) is 1. The number of piperidine rings is 1. The summed E-state index contributed by atoms with van der Waals surface area (Å²) in [7, 11) is 0. The second-order valence-corrected chi connectivity index (χ2v) is 5.33. The third-order valence-electron chi connectivity index (χ3n) is 3.82. The second kappa shape index (κ2) is 6.61. The molecule has 5 nitrogen and oxygen atoms in total. The van der Waals surface area contributed by atoms with E-state index in [1.165, 1.54) is 12.5 Å². The lowest BCUT2D eigenvalue weighted by Crippen LogP contribution is -2.39. The van der Waals surface area contributed by atoms with E-state index in [0.29, 0.717) is 11.7 Å². The Hall–Kier alpha value is -1.75. The Morgan fingerprint density at radius 1 is 1.45 bits per heavy atom. The van der Waals surface area contributed by atoms with E-state index in [1.807, 2.05) is 6.07 Å². The first-order valence-electron chi connectivity index (χ1n) is 7.22. The maximum absolute atomic E-state index is 11.1. The van der Waals surface area contributed by atoms with Crippen LogP contribution in [0.5, 0.6) is 0 Å². The molecule has 20 heavy (non-hydrogen) atoms. The fourth-order valence-corrected chi connectivity index (χ4v) is 2.71. The summed E-state index contributed by atoms with van der Waals surface area (Å²) in [5, 5.41) is 12.5. The highest BCUT2D eigenvalue weighted by molar-refractivity contribution is 5.97. The normalized spacial score (nSPS) is 17.1. The molecule has 2 rings (SSSR count). The fourth-order valence-electron chi connectivity index (χ4n) is 2.71. The number of carbonyl (C=O) groups is 1. The van der Waals surface area contributed by atoms with Crippen LogP contribution in [0.1, 0.15) is 36.5 Å². The average molecular weight is 277 g/mol. The first-order chi connectivity index (χ1) is 9.61. The first kappa shape index (κ1) is 14.7. The van der Waals surface area contributed by atoms with Gasteiger partial charge >= 0.3 is 5.97 Å². The van der Waals surface area contributed by atoms with Gasteiger partial charge in [0.25, 0.3) is 0 Å². The molecule has 0 aliphatic carbocycles. The molecule has 0 radical (unpaired) electrons. The van der Waals surface area contributed by atoms with Crippen LogP contribution in [0.3, 0.4) is 0 Å². The Labute approximate surface area is 119 Å². The number of hydrogen-bond donors (Lipinski definition) is 3. The van der Waals surface area contributed by atoms with Crippen molar-refractivity contribution < 1.29 is 9.90 Å². The predicted octanol–water partition coefficient (Wildman–Crippen LogP) is 2.25. The van der Waals surface area contributed by atoms with Crippen LogP contribution in [-0.4, -0.2) is 41.7 Å². The van der Waals surface area contributed by atoms with Crippen LogP contribution in [0.4, 0.5) is 11.4 Å². The van der Waals surface area contributed by atoms with Crippen molar-refractivity contribution in [2.24, 2.45) is 0 Å². The van der Waals surface area contributed by atoms with Crippen molar-refractivity contribution in [2.75, 3.05) is 30.7 Å². The Morgan fingerprint density at radius 2 is 2.15 bits per heavy atom. The van der Waals surface area contributed by atoms with Gasteiger partial charge < -0.3 is 21.1 Å². The molecule has 0 bridgehead atoms. The molecule has 0 saturated carbocycles. The molecule has 0 unspecified atom stereocenters.